The van der Waals surface area contributed by atoms with Crippen molar-refractivity contribution in [2.75, 3.05) is 39.5 Å². The van der Waals surface area contributed by atoms with Crippen molar-refractivity contribution in [3.63, 3.8) is 0 Å². The van der Waals surface area contributed by atoms with Crippen LogP contribution < -0.4 is 0 Å². The number of carbonyl (C=O) groups is 4. The van der Waals surface area contributed by atoms with E-state index in [2.05, 4.69) is 0 Å². The van der Waals surface area contributed by atoms with Crippen molar-refractivity contribution in [1.82, 2.24) is 9.80 Å². The van der Waals surface area contributed by atoms with E-state index in [-0.39, 0.29) is 38.4 Å². The van der Waals surface area contributed by atoms with Gasteiger partial charge in [-0.3, -0.25) is 19.3 Å². The average Bonchev–Trinajstić information content (AvgIpc) is 3.48. The molecule has 0 bridgehead atoms. The molecule has 3 aliphatic heterocycles. The van der Waals surface area contributed by atoms with E-state index >= 15 is 0 Å². The van der Waals surface area contributed by atoms with Crippen LogP contribution in [0.4, 0.5) is 4.79 Å². The molecule has 3 amide bonds. The van der Waals surface area contributed by atoms with Crippen LogP contribution in [0.1, 0.15) is 20.3 Å². The van der Waals surface area contributed by atoms with Gasteiger partial charge in [0.1, 0.15) is 37.5 Å². The van der Waals surface area contributed by atoms with Crippen LogP contribution in [0.2, 0.25) is 0 Å². The summed E-state index contributed by atoms with van der Waals surface area (Å²) in [6, 6.07) is -0.627. The molecule has 144 valence electrons. The number of rotatable bonds is 9. The molecule has 0 aromatic heterocycles. The maximum atomic E-state index is 12.5. The second-order valence-electron chi connectivity index (χ2n) is 6.91. The van der Waals surface area contributed by atoms with E-state index in [9.17, 15) is 19.2 Å². The zero-order valence-corrected chi connectivity index (χ0v) is 14.8. The van der Waals surface area contributed by atoms with Gasteiger partial charge in [-0.05, 0) is 13.8 Å². The van der Waals surface area contributed by atoms with Crippen LogP contribution in [0.5, 0.6) is 0 Å². The Kier molecular flexibility index (Phi) is 5.15. The maximum absolute atomic E-state index is 12.5. The molecule has 3 rings (SSSR count). The summed E-state index contributed by atoms with van der Waals surface area (Å²) >= 11 is 0. The second-order valence-corrected chi connectivity index (χ2v) is 6.91. The Labute approximate surface area is 150 Å². The van der Waals surface area contributed by atoms with E-state index in [1.165, 1.54) is 4.90 Å². The SMILES string of the molecule is CC1(C)C(=O)N(CC(=O)OCC2CO2)C(=O)N1CCC(=O)OCC1CO1. The fourth-order valence-corrected chi connectivity index (χ4v) is 2.58. The van der Waals surface area contributed by atoms with Crippen LogP contribution in [0.15, 0.2) is 0 Å². The molecule has 0 aliphatic carbocycles. The molecule has 0 aromatic carbocycles. The Balaban J connectivity index is 1.51. The molecule has 3 saturated heterocycles. The molecular weight excluding hydrogens is 348 g/mol. The molecule has 0 spiro atoms. The molecule has 0 aromatic rings. The number of ether oxygens (including phenoxy) is 4. The van der Waals surface area contributed by atoms with Gasteiger partial charge in [0.15, 0.2) is 0 Å². The van der Waals surface area contributed by atoms with E-state index in [0.717, 1.165) is 4.90 Å². The Morgan fingerprint density at radius 3 is 2.15 bits per heavy atom. The van der Waals surface area contributed by atoms with Crippen LogP contribution in [0.25, 0.3) is 0 Å². The summed E-state index contributed by atoms with van der Waals surface area (Å²) in [6.07, 6.45) is -0.177. The Bertz CT molecular complexity index is 611. The molecule has 0 radical (unpaired) electrons. The first-order valence-corrected chi connectivity index (χ1v) is 8.47. The minimum Gasteiger partial charge on any atom is -0.463 e. The van der Waals surface area contributed by atoms with E-state index in [1.807, 2.05) is 0 Å². The van der Waals surface area contributed by atoms with Gasteiger partial charge in [-0.1, -0.05) is 0 Å². The van der Waals surface area contributed by atoms with Crippen molar-refractivity contribution in [2.24, 2.45) is 0 Å². The standard InChI is InChI=1S/C16H22N2O8/c1-16(2)14(21)17(5-13(20)26-9-11-7-24-11)15(22)18(16)4-3-12(19)25-8-10-6-23-10/h10-11H,3-9H2,1-2H3. The summed E-state index contributed by atoms with van der Waals surface area (Å²) in [5.41, 5.74) is -1.16. The molecule has 0 N–H and O–H groups in total. The number of amides is 3. The number of urea groups is 1. The van der Waals surface area contributed by atoms with E-state index in [0.29, 0.717) is 13.2 Å². The second kappa shape index (κ2) is 7.20. The number of imide groups is 1. The fraction of sp³-hybridized carbons (Fsp3) is 0.750. The third kappa shape index (κ3) is 4.31. The van der Waals surface area contributed by atoms with Gasteiger partial charge in [0, 0.05) is 6.54 Å². The van der Waals surface area contributed by atoms with Crippen molar-refractivity contribution < 1.29 is 38.1 Å². The molecule has 3 fully saturated rings. The van der Waals surface area contributed by atoms with Gasteiger partial charge >= 0.3 is 18.0 Å². The van der Waals surface area contributed by atoms with Crippen molar-refractivity contribution in [1.29, 1.82) is 0 Å². The predicted molar refractivity (Wildman–Crippen MR) is 83.9 cm³/mol. The highest BCUT2D eigenvalue weighted by molar-refractivity contribution is 6.08. The molecule has 3 heterocycles. The summed E-state index contributed by atoms with van der Waals surface area (Å²) in [5.74, 6) is -1.66. The fourth-order valence-electron chi connectivity index (χ4n) is 2.58. The monoisotopic (exact) mass is 370 g/mol. The van der Waals surface area contributed by atoms with Crippen LogP contribution in [-0.2, 0) is 33.3 Å². The van der Waals surface area contributed by atoms with Crippen molar-refractivity contribution in [3.8, 4) is 0 Å². The number of hydrogen-bond donors (Lipinski definition) is 0. The summed E-state index contributed by atoms with van der Waals surface area (Å²) in [4.78, 5) is 50.7. The number of nitrogens with zero attached hydrogens (tertiary/aromatic N) is 2. The van der Waals surface area contributed by atoms with Gasteiger partial charge in [-0.2, -0.15) is 0 Å². The molecule has 10 nitrogen and oxygen atoms in total. The van der Waals surface area contributed by atoms with Crippen molar-refractivity contribution in [2.45, 2.75) is 38.0 Å². The molecule has 26 heavy (non-hydrogen) atoms. The normalized spacial score (nSPS) is 26.1. The first kappa shape index (κ1) is 18.6. The van der Waals surface area contributed by atoms with E-state index < -0.39 is 36.0 Å². The summed E-state index contributed by atoms with van der Waals surface area (Å²) in [7, 11) is 0. The smallest absolute Gasteiger partial charge is 0.328 e. The zero-order valence-electron chi connectivity index (χ0n) is 14.8. The van der Waals surface area contributed by atoms with Crippen LogP contribution >= 0.6 is 0 Å². The number of hydrogen-bond acceptors (Lipinski definition) is 8. The summed E-state index contributed by atoms with van der Waals surface area (Å²) in [5, 5.41) is 0. The third-order valence-corrected chi connectivity index (χ3v) is 4.40. The lowest BCUT2D eigenvalue weighted by atomic mass is 10.0. The van der Waals surface area contributed by atoms with Crippen LogP contribution in [-0.4, -0.2) is 90.9 Å². The van der Waals surface area contributed by atoms with Crippen molar-refractivity contribution in [3.05, 3.63) is 0 Å². The topological polar surface area (TPSA) is 118 Å². The number of esters is 2. The van der Waals surface area contributed by atoms with Crippen LogP contribution in [0.3, 0.4) is 0 Å². The van der Waals surface area contributed by atoms with Gasteiger partial charge in [0.2, 0.25) is 0 Å². The Morgan fingerprint density at radius 1 is 1.08 bits per heavy atom. The predicted octanol–water partition coefficient (Wildman–Crippen LogP) is -0.697. The highest BCUT2D eigenvalue weighted by Gasteiger charge is 2.51. The van der Waals surface area contributed by atoms with Gasteiger partial charge in [-0.15, -0.1) is 0 Å². The lowest BCUT2D eigenvalue weighted by molar-refractivity contribution is -0.148. The van der Waals surface area contributed by atoms with Gasteiger partial charge in [0.05, 0.1) is 19.6 Å². The van der Waals surface area contributed by atoms with Crippen molar-refractivity contribution >= 4 is 23.9 Å². The lowest BCUT2D eigenvalue weighted by Gasteiger charge is -2.27. The highest BCUT2D eigenvalue weighted by Crippen LogP contribution is 2.28. The first-order chi connectivity index (χ1) is 12.3. The third-order valence-electron chi connectivity index (χ3n) is 4.40. The Hall–Kier alpha value is -2.20. The molecule has 2 unspecified atom stereocenters. The van der Waals surface area contributed by atoms with E-state index in [1.54, 1.807) is 13.8 Å². The highest BCUT2D eigenvalue weighted by atomic mass is 16.6. The first-order valence-electron chi connectivity index (χ1n) is 8.47. The van der Waals surface area contributed by atoms with Gasteiger partial charge in [-0.25, -0.2) is 4.79 Å². The molecule has 3 aliphatic rings. The minimum absolute atomic E-state index is 0.0173. The van der Waals surface area contributed by atoms with Gasteiger partial charge < -0.3 is 23.8 Å². The lowest BCUT2D eigenvalue weighted by Crippen LogP contribution is -2.45. The molecule has 0 saturated carbocycles. The average molecular weight is 370 g/mol. The molecular formula is C16H22N2O8. The van der Waals surface area contributed by atoms with E-state index in [4.69, 9.17) is 18.9 Å². The number of carbonyl (C=O) groups excluding carboxylic acids is 4. The molecule has 10 heteroatoms. The quantitative estimate of drug-likeness (QED) is 0.297. The van der Waals surface area contributed by atoms with Gasteiger partial charge in [0.25, 0.3) is 5.91 Å². The summed E-state index contributed by atoms with van der Waals surface area (Å²) < 4.78 is 19.9. The molecule has 2 atom stereocenters. The Morgan fingerprint density at radius 2 is 1.62 bits per heavy atom. The summed E-state index contributed by atoms with van der Waals surface area (Å²) in [6.45, 7) is 4.11. The zero-order chi connectivity index (χ0) is 18.9. The maximum Gasteiger partial charge on any atom is 0.328 e. The largest absolute Gasteiger partial charge is 0.463 e. The number of epoxide rings is 2. The van der Waals surface area contributed by atoms with Crippen LogP contribution in [0, 0.1) is 0 Å². The minimum atomic E-state index is -1.16.